The number of methoxy groups -OCH3 is 1. The van der Waals surface area contributed by atoms with Gasteiger partial charge in [-0.05, 0) is 52.9 Å². The van der Waals surface area contributed by atoms with Gasteiger partial charge in [-0.2, -0.15) is 0 Å². The summed E-state index contributed by atoms with van der Waals surface area (Å²) in [5, 5.41) is 18.7. The van der Waals surface area contributed by atoms with Gasteiger partial charge in [-0.15, -0.1) is 0 Å². The number of rotatable bonds is 8. The largest absolute Gasteiger partial charge is 0.497 e. The maximum Gasteiger partial charge on any atom is 0.336 e. The molecule has 1 aromatic heterocycles. The molecule has 0 aliphatic rings. The average Bonchev–Trinajstić information content (AvgIpc) is 3.15. The topological polar surface area (TPSA) is 101 Å². The van der Waals surface area contributed by atoms with E-state index in [0.717, 1.165) is 40.6 Å². The summed E-state index contributed by atoms with van der Waals surface area (Å²) in [4.78, 5) is 12.0. The predicted octanol–water partition coefficient (Wildman–Crippen LogP) is 5.30. The minimum atomic E-state index is -0.991. The van der Waals surface area contributed by atoms with Gasteiger partial charge >= 0.3 is 5.97 Å². The van der Waals surface area contributed by atoms with Crippen LogP contribution in [-0.4, -0.2) is 28.6 Å². The van der Waals surface area contributed by atoms with Gasteiger partial charge in [0.2, 0.25) is 0 Å². The first-order valence-corrected chi connectivity index (χ1v) is 10.9. The van der Waals surface area contributed by atoms with E-state index in [1.54, 1.807) is 18.2 Å². The first kappa shape index (κ1) is 22.1. The minimum absolute atomic E-state index is 0.0498. The molecule has 0 saturated heterocycles. The first-order chi connectivity index (χ1) is 15.9. The maximum absolute atomic E-state index is 12.0. The lowest BCUT2D eigenvalue weighted by Crippen LogP contribution is -2.10. The lowest BCUT2D eigenvalue weighted by molar-refractivity contribution is 0.0697. The molecule has 0 spiro atoms. The van der Waals surface area contributed by atoms with Gasteiger partial charge in [0.1, 0.15) is 11.6 Å². The number of hydrogen-bond acceptors (Lipinski definition) is 3. The Bertz CT molecular complexity index is 1350. The standard InChI is InChI=1S/C27H27N3O3/c1-3-12-30-16-19(22-10-8-18(26(28)29)14-25(22)30)13-17-6-4-5-7-21(17)23-11-9-20(33-2)15-24(23)27(31)32/h4-11,14-16H,3,12-13H2,1-2H3,(H3,28,29)(H,31,32). The molecule has 168 valence electrons. The van der Waals surface area contributed by atoms with Crippen molar-refractivity contribution in [2.75, 3.05) is 7.11 Å². The normalized spacial score (nSPS) is 11.0. The van der Waals surface area contributed by atoms with E-state index < -0.39 is 5.97 Å². The molecular formula is C27H27N3O3. The number of ether oxygens (including phenoxy) is 1. The van der Waals surface area contributed by atoms with E-state index in [2.05, 4.69) is 17.7 Å². The van der Waals surface area contributed by atoms with Crippen molar-refractivity contribution in [3.8, 4) is 16.9 Å². The summed E-state index contributed by atoms with van der Waals surface area (Å²) in [6.45, 7) is 2.99. The Morgan fingerprint density at radius 1 is 1.06 bits per heavy atom. The molecule has 4 aromatic rings. The van der Waals surface area contributed by atoms with Crippen LogP contribution in [0.4, 0.5) is 0 Å². The van der Waals surface area contributed by atoms with Crippen molar-refractivity contribution in [3.05, 3.63) is 89.1 Å². The highest BCUT2D eigenvalue weighted by molar-refractivity contribution is 5.99. The Morgan fingerprint density at radius 2 is 1.85 bits per heavy atom. The fraction of sp³-hybridized carbons (Fsp3) is 0.185. The van der Waals surface area contributed by atoms with Gasteiger partial charge in [-0.25, -0.2) is 4.79 Å². The van der Waals surface area contributed by atoms with Crippen molar-refractivity contribution >= 4 is 22.7 Å². The number of nitrogens with zero attached hydrogens (tertiary/aromatic N) is 1. The predicted molar refractivity (Wildman–Crippen MR) is 131 cm³/mol. The monoisotopic (exact) mass is 441 g/mol. The summed E-state index contributed by atoms with van der Waals surface area (Å²) in [5.74, 6) is -0.429. The number of carbonyl (C=O) groups is 1. The van der Waals surface area contributed by atoms with E-state index in [0.29, 0.717) is 23.3 Å². The number of aryl methyl sites for hydroxylation is 1. The van der Waals surface area contributed by atoms with Crippen molar-refractivity contribution in [2.45, 2.75) is 26.3 Å². The van der Waals surface area contributed by atoms with Crippen LogP contribution in [0.1, 0.15) is 40.4 Å². The van der Waals surface area contributed by atoms with Gasteiger partial charge in [0.15, 0.2) is 0 Å². The van der Waals surface area contributed by atoms with Gasteiger partial charge in [-0.3, -0.25) is 5.41 Å². The molecule has 0 aliphatic carbocycles. The summed E-state index contributed by atoms with van der Waals surface area (Å²) in [5.41, 5.74) is 11.4. The molecule has 4 N–H and O–H groups in total. The van der Waals surface area contributed by atoms with Crippen LogP contribution in [0.15, 0.2) is 66.9 Å². The van der Waals surface area contributed by atoms with E-state index >= 15 is 0 Å². The summed E-state index contributed by atoms with van der Waals surface area (Å²) in [6, 6.07) is 18.9. The number of aromatic nitrogens is 1. The lowest BCUT2D eigenvalue weighted by atomic mass is 9.92. The quantitative estimate of drug-likeness (QED) is 0.255. The smallest absolute Gasteiger partial charge is 0.336 e. The van der Waals surface area contributed by atoms with E-state index in [1.807, 2.05) is 42.5 Å². The number of benzene rings is 3. The van der Waals surface area contributed by atoms with Crippen molar-refractivity contribution in [1.29, 1.82) is 5.41 Å². The Morgan fingerprint density at radius 3 is 2.55 bits per heavy atom. The fourth-order valence-corrected chi connectivity index (χ4v) is 4.31. The Kier molecular flexibility index (Phi) is 6.18. The number of hydrogen-bond donors (Lipinski definition) is 3. The second-order valence-electron chi connectivity index (χ2n) is 8.04. The molecule has 0 unspecified atom stereocenters. The van der Waals surface area contributed by atoms with Crippen LogP contribution in [0.3, 0.4) is 0 Å². The highest BCUT2D eigenvalue weighted by Crippen LogP contribution is 2.33. The number of carboxylic acids is 1. The van der Waals surface area contributed by atoms with Gasteiger partial charge in [0, 0.05) is 35.6 Å². The molecule has 6 heteroatoms. The van der Waals surface area contributed by atoms with Crippen molar-refractivity contribution in [1.82, 2.24) is 4.57 Å². The van der Waals surface area contributed by atoms with Crippen molar-refractivity contribution < 1.29 is 14.6 Å². The zero-order chi connectivity index (χ0) is 23.5. The molecule has 33 heavy (non-hydrogen) atoms. The van der Waals surface area contributed by atoms with Crippen LogP contribution >= 0.6 is 0 Å². The molecular weight excluding hydrogens is 414 g/mol. The molecule has 0 aliphatic heterocycles. The summed E-state index contributed by atoms with van der Waals surface area (Å²) in [7, 11) is 1.53. The zero-order valence-corrected chi connectivity index (χ0v) is 18.8. The number of nitrogens with two attached hydrogens (primary N) is 1. The SMILES string of the molecule is CCCn1cc(Cc2ccccc2-c2ccc(OC)cc2C(=O)O)c2ccc(C(=N)N)cc21. The molecule has 3 aromatic carbocycles. The molecule has 4 rings (SSSR count). The summed E-state index contributed by atoms with van der Waals surface area (Å²) >= 11 is 0. The maximum atomic E-state index is 12.0. The lowest BCUT2D eigenvalue weighted by Gasteiger charge is -2.13. The molecule has 0 amide bonds. The van der Waals surface area contributed by atoms with Crippen LogP contribution in [-0.2, 0) is 13.0 Å². The number of nitrogen functional groups attached to an aromatic ring is 1. The third-order valence-corrected chi connectivity index (χ3v) is 5.89. The van der Waals surface area contributed by atoms with Crippen LogP contribution in [0.2, 0.25) is 0 Å². The van der Waals surface area contributed by atoms with E-state index in [4.69, 9.17) is 15.9 Å². The van der Waals surface area contributed by atoms with E-state index in [1.165, 1.54) is 7.11 Å². The number of carboxylic acid groups (broad SMARTS) is 1. The Balaban J connectivity index is 1.83. The van der Waals surface area contributed by atoms with Gasteiger partial charge in [0.05, 0.1) is 12.7 Å². The van der Waals surface area contributed by atoms with Gasteiger partial charge in [0.25, 0.3) is 0 Å². The molecule has 0 radical (unpaired) electrons. The van der Waals surface area contributed by atoms with Crippen LogP contribution in [0.5, 0.6) is 5.75 Å². The number of amidine groups is 1. The third-order valence-electron chi connectivity index (χ3n) is 5.89. The highest BCUT2D eigenvalue weighted by Gasteiger charge is 2.17. The molecule has 0 saturated carbocycles. The van der Waals surface area contributed by atoms with E-state index in [-0.39, 0.29) is 11.4 Å². The number of nitrogens with one attached hydrogen (secondary N) is 1. The van der Waals surface area contributed by atoms with Crippen LogP contribution < -0.4 is 10.5 Å². The Labute approximate surface area is 192 Å². The van der Waals surface area contributed by atoms with Gasteiger partial charge in [-0.1, -0.05) is 43.3 Å². The second-order valence-corrected chi connectivity index (χ2v) is 8.04. The summed E-state index contributed by atoms with van der Waals surface area (Å²) < 4.78 is 7.44. The molecule has 0 fully saturated rings. The highest BCUT2D eigenvalue weighted by atomic mass is 16.5. The molecule has 6 nitrogen and oxygen atoms in total. The third kappa shape index (κ3) is 4.32. The van der Waals surface area contributed by atoms with Crippen molar-refractivity contribution in [3.63, 3.8) is 0 Å². The molecule has 0 atom stereocenters. The number of fused-ring (bicyclic) bond motifs is 1. The van der Waals surface area contributed by atoms with Crippen LogP contribution in [0.25, 0.3) is 22.0 Å². The number of aromatic carboxylic acids is 1. The summed E-state index contributed by atoms with van der Waals surface area (Å²) in [6.07, 6.45) is 3.78. The van der Waals surface area contributed by atoms with Crippen molar-refractivity contribution in [2.24, 2.45) is 5.73 Å². The zero-order valence-electron chi connectivity index (χ0n) is 18.8. The second kappa shape index (κ2) is 9.20. The fourth-order valence-electron chi connectivity index (χ4n) is 4.31. The van der Waals surface area contributed by atoms with Crippen LogP contribution in [0, 0.1) is 5.41 Å². The average molecular weight is 442 g/mol. The molecule has 1 heterocycles. The van der Waals surface area contributed by atoms with E-state index in [9.17, 15) is 9.90 Å². The molecule has 0 bridgehead atoms. The first-order valence-electron chi connectivity index (χ1n) is 10.9. The Hall–Kier alpha value is -4.06. The minimum Gasteiger partial charge on any atom is -0.497 e. The van der Waals surface area contributed by atoms with Gasteiger partial charge < -0.3 is 20.1 Å².